The first-order valence-electron chi connectivity index (χ1n) is 6.58. The number of hydrogen-bond donors (Lipinski definition) is 1. The van der Waals surface area contributed by atoms with Crippen LogP contribution in [0, 0.1) is 5.41 Å². The molecule has 2 aliphatic rings. The maximum Gasteiger partial charge on any atom is 0.0620 e. The van der Waals surface area contributed by atoms with Gasteiger partial charge in [0.1, 0.15) is 0 Å². The van der Waals surface area contributed by atoms with E-state index < -0.39 is 0 Å². The van der Waals surface area contributed by atoms with E-state index in [1.807, 2.05) is 0 Å². The molecule has 0 aromatic rings. The van der Waals surface area contributed by atoms with E-state index in [1.165, 1.54) is 19.3 Å². The summed E-state index contributed by atoms with van der Waals surface area (Å²) >= 11 is 0. The molecule has 0 aromatic carbocycles. The van der Waals surface area contributed by atoms with Gasteiger partial charge in [0.05, 0.1) is 13.2 Å². The SMILES string of the molecule is CC1COCCN1C1(CN)CCCC1(C)C. The quantitative estimate of drug-likeness (QED) is 0.777. The van der Waals surface area contributed by atoms with Crippen LogP contribution in [-0.4, -0.2) is 42.8 Å². The highest BCUT2D eigenvalue weighted by atomic mass is 16.5. The molecule has 0 amide bonds. The largest absolute Gasteiger partial charge is 0.379 e. The Morgan fingerprint density at radius 3 is 2.62 bits per heavy atom. The van der Waals surface area contributed by atoms with Crippen LogP contribution >= 0.6 is 0 Å². The van der Waals surface area contributed by atoms with Crippen LogP contribution in [-0.2, 0) is 4.74 Å². The maximum atomic E-state index is 6.15. The summed E-state index contributed by atoms with van der Waals surface area (Å²) in [5, 5.41) is 0. The summed E-state index contributed by atoms with van der Waals surface area (Å²) < 4.78 is 5.55. The zero-order valence-corrected chi connectivity index (χ0v) is 11.0. The Labute approximate surface area is 99.3 Å². The van der Waals surface area contributed by atoms with Gasteiger partial charge in [-0.3, -0.25) is 4.90 Å². The number of nitrogens with two attached hydrogens (primary N) is 1. The molecule has 2 unspecified atom stereocenters. The van der Waals surface area contributed by atoms with Crippen LogP contribution in [0.25, 0.3) is 0 Å². The molecule has 0 aromatic heterocycles. The van der Waals surface area contributed by atoms with Gasteiger partial charge in [0.2, 0.25) is 0 Å². The lowest BCUT2D eigenvalue weighted by atomic mass is 9.73. The van der Waals surface area contributed by atoms with E-state index in [2.05, 4.69) is 25.7 Å². The summed E-state index contributed by atoms with van der Waals surface area (Å²) in [5.74, 6) is 0. The second-order valence-corrected chi connectivity index (χ2v) is 6.09. The van der Waals surface area contributed by atoms with Gasteiger partial charge in [-0.15, -0.1) is 0 Å². The molecule has 2 N–H and O–H groups in total. The van der Waals surface area contributed by atoms with Crippen molar-refractivity contribution >= 4 is 0 Å². The Hall–Kier alpha value is -0.120. The van der Waals surface area contributed by atoms with Crippen LogP contribution in [0.5, 0.6) is 0 Å². The number of ether oxygens (including phenoxy) is 1. The van der Waals surface area contributed by atoms with Gasteiger partial charge >= 0.3 is 0 Å². The summed E-state index contributed by atoms with van der Waals surface area (Å²) in [4.78, 5) is 2.63. The summed E-state index contributed by atoms with van der Waals surface area (Å²) in [6, 6.07) is 0.509. The van der Waals surface area contributed by atoms with E-state index in [-0.39, 0.29) is 5.54 Å². The van der Waals surface area contributed by atoms with Crippen LogP contribution in [0.2, 0.25) is 0 Å². The van der Waals surface area contributed by atoms with Crippen molar-refractivity contribution in [3.05, 3.63) is 0 Å². The molecule has 3 nitrogen and oxygen atoms in total. The Morgan fingerprint density at radius 1 is 1.38 bits per heavy atom. The Kier molecular flexibility index (Phi) is 3.30. The third kappa shape index (κ3) is 1.69. The molecule has 0 spiro atoms. The summed E-state index contributed by atoms with van der Waals surface area (Å²) in [6.45, 7) is 10.6. The lowest BCUT2D eigenvalue weighted by molar-refractivity contribution is -0.0879. The van der Waals surface area contributed by atoms with E-state index in [9.17, 15) is 0 Å². The van der Waals surface area contributed by atoms with Crippen molar-refractivity contribution in [1.82, 2.24) is 4.90 Å². The van der Waals surface area contributed by atoms with E-state index in [0.29, 0.717) is 11.5 Å². The van der Waals surface area contributed by atoms with Gasteiger partial charge in [0, 0.05) is 24.7 Å². The molecule has 1 aliphatic carbocycles. The third-order valence-electron chi connectivity index (χ3n) is 4.91. The van der Waals surface area contributed by atoms with Gasteiger partial charge in [-0.2, -0.15) is 0 Å². The molecular weight excluding hydrogens is 200 g/mol. The molecule has 2 fully saturated rings. The van der Waals surface area contributed by atoms with Gasteiger partial charge in [-0.05, 0) is 25.2 Å². The highest BCUT2D eigenvalue weighted by Gasteiger charge is 2.52. The van der Waals surface area contributed by atoms with Gasteiger partial charge in [0.15, 0.2) is 0 Å². The zero-order valence-electron chi connectivity index (χ0n) is 11.0. The minimum Gasteiger partial charge on any atom is -0.379 e. The molecule has 1 saturated carbocycles. The lowest BCUT2D eigenvalue weighted by Gasteiger charge is -2.53. The first-order chi connectivity index (χ1) is 7.53. The van der Waals surface area contributed by atoms with Crippen LogP contribution in [0.1, 0.15) is 40.0 Å². The van der Waals surface area contributed by atoms with Crippen molar-refractivity contribution in [2.75, 3.05) is 26.3 Å². The molecule has 94 valence electrons. The number of hydrogen-bond acceptors (Lipinski definition) is 3. The summed E-state index contributed by atoms with van der Waals surface area (Å²) in [6.07, 6.45) is 3.86. The fraction of sp³-hybridized carbons (Fsp3) is 1.00. The van der Waals surface area contributed by atoms with E-state index in [4.69, 9.17) is 10.5 Å². The molecule has 2 atom stereocenters. The standard InChI is InChI=1S/C13H26N2O/c1-11-9-16-8-7-15(11)13(10-14)6-4-5-12(13,2)3/h11H,4-10,14H2,1-3H3. The van der Waals surface area contributed by atoms with Gasteiger partial charge in [-0.1, -0.05) is 20.3 Å². The molecule has 1 heterocycles. The van der Waals surface area contributed by atoms with E-state index >= 15 is 0 Å². The topological polar surface area (TPSA) is 38.5 Å². The Morgan fingerprint density at radius 2 is 2.12 bits per heavy atom. The number of morpholine rings is 1. The minimum absolute atomic E-state index is 0.205. The predicted octanol–water partition coefficient (Wildman–Crippen LogP) is 1.61. The highest BCUT2D eigenvalue weighted by Crippen LogP contribution is 2.49. The fourth-order valence-corrected chi connectivity index (χ4v) is 3.78. The Balaban J connectivity index is 2.26. The van der Waals surface area contributed by atoms with Crippen molar-refractivity contribution < 1.29 is 4.74 Å². The van der Waals surface area contributed by atoms with Gasteiger partial charge in [0.25, 0.3) is 0 Å². The van der Waals surface area contributed by atoms with Gasteiger partial charge in [-0.25, -0.2) is 0 Å². The zero-order chi connectivity index (χ0) is 11.8. The van der Waals surface area contributed by atoms with E-state index in [0.717, 1.165) is 26.3 Å². The minimum atomic E-state index is 0.205. The third-order valence-corrected chi connectivity index (χ3v) is 4.91. The molecule has 1 saturated heterocycles. The predicted molar refractivity (Wildman–Crippen MR) is 66.4 cm³/mol. The molecule has 0 bridgehead atoms. The molecule has 2 rings (SSSR count). The monoisotopic (exact) mass is 226 g/mol. The fourth-order valence-electron chi connectivity index (χ4n) is 3.78. The maximum absolute atomic E-state index is 6.15. The summed E-state index contributed by atoms with van der Waals surface area (Å²) in [7, 11) is 0. The number of rotatable bonds is 2. The van der Waals surface area contributed by atoms with Crippen LogP contribution in [0.3, 0.4) is 0 Å². The first kappa shape index (κ1) is 12.3. The van der Waals surface area contributed by atoms with Gasteiger partial charge < -0.3 is 10.5 Å². The summed E-state index contributed by atoms with van der Waals surface area (Å²) in [5.41, 5.74) is 6.70. The molecule has 3 heteroatoms. The van der Waals surface area contributed by atoms with Crippen LogP contribution < -0.4 is 5.73 Å². The molecule has 16 heavy (non-hydrogen) atoms. The second kappa shape index (κ2) is 4.28. The average molecular weight is 226 g/mol. The smallest absolute Gasteiger partial charge is 0.0620 e. The van der Waals surface area contributed by atoms with Crippen LogP contribution in [0.15, 0.2) is 0 Å². The van der Waals surface area contributed by atoms with Crippen molar-refractivity contribution in [2.45, 2.75) is 51.6 Å². The van der Waals surface area contributed by atoms with Crippen LogP contribution in [0.4, 0.5) is 0 Å². The van der Waals surface area contributed by atoms with Crippen molar-refractivity contribution in [1.29, 1.82) is 0 Å². The van der Waals surface area contributed by atoms with Crippen molar-refractivity contribution in [3.63, 3.8) is 0 Å². The normalized spacial score (nSPS) is 40.1. The highest BCUT2D eigenvalue weighted by molar-refractivity contribution is 5.08. The second-order valence-electron chi connectivity index (χ2n) is 6.09. The Bertz CT molecular complexity index is 254. The average Bonchev–Trinajstić information content (AvgIpc) is 2.55. The lowest BCUT2D eigenvalue weighted by Crippen LogP contribution is -2.65. The van der Waals surface area contributed by atoms with Crippen molar-refractivity contribution in [3.8, 4) is 0 Å². The van der Waals surface area contributed by atoms with E-state index in [1.54, 1.807) is 0 Å². The first-order valence-corrected chi connectivity index (χ1v) is 6.58. The molecule has 0 radical (unpaired) electrons. The number of nitrogens with zero attached hydrogens (tertiary/aromatic N) is 1. The molecular formula is C13H26N2O. The van der Waals surface area contributed by atoms with Crippen molar-refractivity contribution in [2.24, 2.45) is 11.1 Å². The molecule has 1 aliphatic heterocycles.